The highest BCUT2D eigenvalue weighted by molar-refractivity contribution is 14.0. The summed E-state index contributed by atoms with van der Waals surface area (Å²) >= 11 is 0. The molecule has 0 unspecified atom stereocenters. The Kier molecular flexibility index (Phi) is 5.84. The average molecular weight is 399 g/mol. The van der Waals surface area contributed by atoms with E-state index in [2.05, 4.69) is 50.3 Å². The largest absolute Gasteiger partial charge is 0.356 e. The van der Waals surface area contributed by atoms with Crippen molar-refractivity contribution < 1.29 is 0 Å². The van der Waals surface area contributed by atoms with Crippen LogP contribution in [0.25, 0.3) is 11.0 Å². The standard InChI is InChI=1S/C15H21N5.HI/c1-12-19-13-6-2-3-7-14(13)20(12)11-5-10-18-15-16-8-4-9-17-15;/h2-3,6-7H,4-5,8-11H2,1H3,(H2,16,17,18);1H. The van der Waals surface area contributed by atoms with Gasteiger partial charge in [0, 0.05) is 26.2 Å². The summed E-state index contributed by atoms with van der Waals surface area (Å²) in [5, 5.41) is 6.63. The average Bonchev–Trinajstić information content (AvgIpc) is 2.80. The Morgan fingerprint density at radius 2 is 2.19 bits per heavy atom. The summed E-state index contributed by atoms with van der Waals surface area (Å²) in [4.78, 5) is 8.99. The molecule has 0 fully saturated rings. The molecule has 2 N–H and O–H groups in total. The molecule has 0 amide bonds. The third-order valence-electron chi connectivity index (χ3n) is 3.59. The number of hydrogen-bond donors (Lipinski definition) is 2. The highest BCUT2D eigenvalue weighted by Crippen LogP contribution is 2.15. The highest BCUT2D eigenvalue weighted by atomic mass is 127. The van der Waals surface area contributed by atoms with E-state index in [-0.39, 0.29) is 24.0 Å². The Balaban J connectivity index is 0.00000161. The maximum absolute atomic E-state index is 4.59. The van der Waals surface area contributed by atoms with Crippen LogP contribution in [0.2, 0.25) is 0 Å². The van der Waals surface area contributed by atoms with Crippen LogP contribution in [0.4, 0.5) is 0 Å². The fourth-order valence-corrected chi connectivity index (χ4v) is 2.57. The molecule has 0 atom stereocenters. The molecule has 0 spiro atoms. The number of hydrogen-bond acceptors (Lipinski definition) is 4. The summed E-state index contributed by atoms with van der Waals surface area (Å²) in [6.45, 7) is 5.93. The SMILES string of the molecule is Cc1nc2ccccc2n1CCCNC1=NCCCN1.I. The number of halogens is 1. The maximum Gasteiger partial charge on any atom is 0.191 e. The van der Waals surface area contributed by atoms with Crippen LogP contribution < -0.4 is 10.6 Å². The van der Waals surface area contributed by atoms with Gasteiger partial charge >= 0.3 is 0 Å². The number of nitrogens with one attached hydrogen (secondary N) is 2. The zero-order valence-corrected chi connectivity index (χ0v) is 14.6. The summed E-state index contributed by atoms with van der Waals surface area (Å²) in [7, 11) is 0. The van der Waals surface area contributed by atoms with Crippen molar-refractivity contribution in [2.45, 2.75) is 26.3 Å². The van der Waals surface area contributed by atoms with Gasteiger partial charge in [-0.1, -0.05) is 12.1 Å². The lowest BCUT2D eigenvalue weighted by Gasteiger charge is -2.16. The van der Waals surface area contributed by atoms with Crippen molar-refractivity contribution in [2.24, 2.45) is 4.99 Å². The number of aromatic nitrogens is 2. The van der Waals surface area contributed by atoms with Crippen molar-refractivity contribution in [3.63, 3.8) is 0 Å². The van der Waals surface area contributed by atoms with E-state index in [1.54, 1.807) is 0 Å². The molecule has 1 aromatic carbocycles. The number of imidazole rings is 1. The monoisotopic (exact) mass is 399 g/mol. The second kappa shape index (κ2) is 7.63. The van der Waals surface area contributed by atoms with Crippen LogP contribution >= 0.6 is 24.0 Å². The summed E-state index contributed by atoms with van der Waals surface area (Å²) < 4.78 is 2.28. The summed E-state index contributed by atoms with van der Waals surface area (Å²) in [5.41, 5.74) is 2.30. The first kappa shape index (κ1) is 16.1. The predicted octanol–water partition coefficient (Wildman–Crippen LogP) is 2.29. The van der Waals surface area contributed by atoms with Gasteiger partial charge in [0.2, 0.25) is 0 Å². The summed E-state index contributed by atoms with van der Waals surface area (Å²) in [5.74, 6) is 2.03. The second-order valence-corrected chi connectivity index (χ2v) is 5.09. The Bertz CT molecular complexity index is 620. The molecule has 0 saturated heterocycles. The van der Waals surface area contributed by atoms with Gasteiger partial charge in [0.05, 0.1) is 11.0 Å². The zero-order valence-electron chi connectivity index (χ0n) is 12.3. The molecule has 0 bridgehead atoms. The molecule has 2 heterocycles. The molecular formula is C15H22IN5. The van der Waals surface area contributed by atoms with Gasteiger partial charge in [0.1, 0.15) is 5.82 Å². The minimum atomic E-state index is 0. The third-order valence-corrected chi connectivity index (χ3v) is 3.59. The Morgan fingerprint density at radius 1 is 1.33 bits per heavy atom. The van der Waals surface area contributed by atoms with Gasteiger partial charge in [0.25, 0.3) is 0 Å². The topological polar surface area (TPSA) is 54.2 Å². The van der Waals surface area contributed by atoms with E-state index in [1.165, 1.54) is 5.52 Å². The Morgan fingerprint density at radius 3 is 3.00 bits per heavy atom. The molecule has 114 valence electrons. The van der Waals surface area contributed by atoms with Crippen molar-refractivity contribution in [3.8, 4) is 0 Å². The number of guanidine groups is 1. The molecule has 1 aliphatic rings. The molecule has 5 nitrogen and oxygen atoms in total. The van der Waals surface area contributed by atoms with Crippen molar-refractivity contribution in [1.29, 1.82) is 0 Å². The minimum Gasteiger partial charge on any atom is -0.356 e. The molecule has 0 saturated carbocycles. The number of benzene rings is 1. The quantitative estimate of drug-likeness (QED) is 0.613. The summed E-state index contributed by atoms with van der Waals surface area (Å²) in [6.07, 6.45) is 2.19. The van der Waals surface area contributed by atoms with Gasteiger partial charge in [-0.25, -0.2) is 4.98 Å². The molecule has 2 aromatic rings. The number of nitrogens with zero attached hydrogens (tertiary/aromatic N) is 3. The normalized spacial score (nSPS) is 14.2. The van der Waals surface area contributed by atoms with E-state index in [9.17, 15) is 0 Å². The number of aliphatic imine (C=N–C) groups is 1. The maximum atomic E-state index is 4.59. The highest BCUT2D eigenvalue weighted by Gasteiger charge is 2.06. The molecule has 0 aliphatic carbocycles. The van der Waals surface area contributed by atoms with Crippen molar-refractivity contribution in [2.75, 3.05) is 19.6 Å². The molecule has 21 heavy (non-hydrogen) atoms. The number of rotatable bonds is 4. The van der Waals surface area contributed by atoms with Crippen LogP contribution in [0.1, 0.15) is 18.7 Å². The Labute approximate surface area is 142 Å². The smallest absolute Gasteiger partial charge is 0.191 e. The van der Waals surface area contributed by atoms with E-state index in [1.807, 2.05) is 6.07 Å². The van der Waals surface area contributed by atoms with Crippen LogP contribution in [0.15, 0.2) is 29.3 Å². The fraction of sp³-hybridized carbons (Fsp3) is 0.467. The van der Waals surface area contributed by atoms with Crippen molar-refractivity contribution in [1.82, 2.24) is 20.2 Å². The van der Waals surface area contributed by atoms with E-state index >= 15 is 0 Å². The number of fused-ring (bicyclic) bond motifs is 1. The van der Waals surface area contributed by atoms with Crippen LogP contribution in [-0.2, 0) is 6.54 Å². The first-order valence-electron chi connectivity index (χ1n) is 7.28. The van der Waals surface area contributed by atoms with Gasteiger partial charge in [-0.05, 0) is 31.9 Å². The minimum absolute atomic E-state index is 0. The van der Waals surface area contributed by atoms with Crippen LogP contribution in [0.3, 0.4) is 0 Å². The van der Waals surface area contributed by atoms with Gasteiger partial charge < -0.3 is 15.2 Å². The van der Waals surface area contributed by atoms with Crippen LogP contribution in [0, 0.1) is 6.92 Å². The van der Waals surface area contributed by atoms with Gasteiger partial charge in [-0.2, -0.15) is 0 Å². The first-order chi connectivity index (χ1) is 9.84. The number of aryl methyl sites for hydroxylation is 2. The number of para-hydroxylation sites is 2. The van der Waals surface area contributed by atoms with E-state index in [0.29, 0.717) is 0 Å². The lowest BCUT2D eigenvalue weighted by atomic mass is 10.3. The second-order valence-electron chi connectivity index (χ2n) is 5.09. The molecular weight excluding hydrogens is 377 g/mol. The zero-order chi connectivity index (χ0) is 13.8. The fourth-order valence-electron chi connectivity index (χ4n) is 2.57. The molecule has 1 aromatic heterocycles. The van der Waals surface area contributed by atoms with Crippen LogP contribution in [0.5, 0.6) is 0 Å². The molecule has 3 rings (SSSR count). The Hall–Kier alpha value is -1.31. The molecule has 1 aliphatic heterocycles. The van der Waals surface area contributed by atoms with Crippen molar-refractivity contribution in [3.05, 3.63) is 30.1 Å². The lowest BCUT2D eigenvalue weighted by Crippen LogP contribution is -2.41. The van der Waals surface area contributed by atoms with Crippen LogP contribution in [-0.4, -0.2) is 35.1 Å². The summed E-state index contributed by atoms with van der Waals surface area (Å²) in [6, 6.07) is 8.31. The van der Waals surface area contributed by atoms with Gasteiger partial charge in [0.15, 0.2) is 5.96 Å². The first-order valence-corrected chi connectivity index (χ1v) is 7.28. The molecule has 6 heteroatoms. The van der Waals surface area contributed by atoms with Crippen molar-refractivity contribution >= 4 is 41.0 Å². The van der Waals surface area contributed by atoms with E-state index in [0.717, 1.165) is 56.3 Å². The van der Waals surface area contributed by atoms with Gasteiger partial charge in [-0.3, -0.25) is 4.99 Å². The third kappa shape index (κ3) is 3.87. The predicted molar refractivity (Wildman–Crippen MR) is 97.4 cm³/mol. The molecule has 0 radical (unpaired) electrons. The lowest BCUT2D eigenvalue weighted by molar-refractivity contribution is 0.617. The van der Waals surface area contributed by atoms with E-state index < -0.39 is 0 Å². The van der Waals surface area contributed by atoms with E-state index in [4.69, 9.17) is 0 Å². The van der Waals surface area contributed by atoms with Gasteiger partial charge in [-0.15, -0.1) is 24.0 Å².